The van der Waals surface area contributed by atoms with Crippen LogP contribution in [0.4, 0.5) is 11.4 Å². The second-order valence-corrected chi connectivity index (χ2v) is 11.0. The molecule has 4 unspecified atom stereocenters. The van der Waals surface area contributed by atoms with Crippen molar-refractivity contribution in [1.82, 2.24) is 4.90 Å². The van der Waals surface area contributed by atoms with Crippen LogP contribution in [0.1, 0.15) is 42.8 Å². The van der Waals surface area contributed by atoms with Gasteiger partial charge in [-0.2, -0.15) is 0 Å². The summed E-state index contributed by atoms with van der Waals surface area (Å²) in [5.41, 5.74) is 1.63. The smallest absolute Gasteiger partial charge is 0.269 e. The highest BCUT2D eigenvalue weighted by Gasteiger charge is 2.70. The molecule has 3 aliphatic rings. The van der Waals surface area contributed by atoms with E-state index in [4.69, 9.17) is 0 Å². The van der Waals surface area contributed by atoms with Crippen LogP contribution >= 0.6 is 11.3 Å². The number of carbonyl (C=O) groups excluding carboxylic acids is 3. The molecular formula is C31H21N3O5S. The lowest BCUT2D eigenvalue weighted by molar-refractivity contribution is -0.384. The molecule has 3 aliphatic heterocycles. The van der Waals surface area contributed by atoms with E-state index in [1.807, 2.05) is 65.0 Å². The molecule has 1 N–H and O–H groups in total. The lowest BCUT2D eigenvalue weighted by Crippen LogP contribution is -2.49. The highest BCUT2D eigenvalue weighted by molar-refractivity contribution is 7.12. The number of Topliss-reactive ketones (excluding diaryl/α,β-unsaturated/α-hetero) is 2. The number of ketones is 2. The SMILES string of the molecule is O=C(c1cccs1)C1C(C(=O)c2ccc([N+](=O)[O-])cc2)C2(C(=O)Nc3ccccc32)C2c3ccccc3C=CN12. The number of carbonyl (C=O) groups is 3. The molecule has 0 saturated carbocycles. The minimum absolute atomic E-state index is 0.151. The number of nitro benzene ring substituents is 1. The van der Waals surface area contributed by atoms with Crippen LogP contribution in [0.25, 0.3) is 6.08 Å². The molecule has 8 nitrogen and oxygen atoms in total. The van der Waals surface area contributed by atoms with E-state index in [1.54, 1.807) is 18.2 Å². The summed E-state index contributed by atoms with van der Waals surface area (Å²) >= 11 is 1.29. The standard InChI is InChI=1S/C31H21N3O5S/c35-27(19-11-13-20(14-12-19)34(38)39)25-26(28(36)24-10-5-17-40-24)33-16-15-18-6-1-2-7-21(18)29(33)31(25)22-8-3-4-9-23(22)32-30(31)37/h1-17,25-26,29H,(H,32,37). The summed E-state index contributed by atoms with van der Waals surface area (Å²) in [6.45, 7) is 0. The first-order chi connectivity index (χ1) is 19.4. The van der Waals surface area contributed by atoms with Crippen LogP contribution in [0.5, 0.6) is 0 Å². The van der Waals surface area contributed by atoms with Gasteiger partial charge in [0.25, 0.3) is 5.69 Å². The fraction of sp³-hybridized carbons (Fsp3) is 0.129. The predicted molar refractivity (Wildman–Crippen MR) is 150 cm³/mol. The van der Waals surface area contributed by atoms with Crippen molar-refractivity contribution < 1.29 is 19.3 Å². The van der Waals surface area contributed by atoms with E-state index in [1.165, 1.54) is 35.6 Å². The molecule has 1 fully saturated rings. The van der Waals surface area contributed by atoms with Crippen LogP contribution in [-0.4, -0.2) is 33.3 Å². The number of anilines is 1. The van der Waals surface area contributed by atoms with Crippen LogP contribution in [0.2, 0.25) is 0 Å². The fourth-order valence-electron chi connectivity index (χ4n) is 6.66. The first-order valence-corrected chi connectivity index (χ1v) is 13.6. The van der Waals surface area contributed by atoms with Crippen molar-refractivity contribution in [3.63, 3.8) is 0 Å². The largest absolute Gasteiger partial charge is 0.358 e. The van der Waals surface area contributed by atoms with E-state index in [2.05, 4.69) is 5.32 Å². The number of para-hydroxylation sites is 1. The van der Waals surface area contributed by atoms with Crippen molar-refractivity contribution in [1.29, 1.82) is 0 Å². The van der Waals surface area contributed by atoms with Gasteiger partial charge < -0.3 is 10.2 Å². The third-order valence-electron chi connectivity index (χ3n) is 8.25. The highest BCUT2D eigenvalue weighted by atomic mass is 32.1. The molecule has 3 aromatic carbocycles. The lowest BCUT2D eigenvalue weighted by atomic mass is 9.63. The van der Waals surface area contributed by atoms with E-state index in [-0.39, 0.29) is 22.9 Å². The van der Waals surface area contributed by atoms with Crippen molar-refractivity contribution in [2.75, 3.05) is 5.32 Å². The number of non-ortho nitro benzene ring substituents is 1. The molecule has 1 spiro atoms. The molecule has 0 radical (unpaired) electrons. The Kier molecular flexibility index (Phi) is 5.33. The molecule has 1 saturated heterocycles. The number of amides is 1. The van der Waals surface area contributed by atoms with Crippen LogP contribution in [0.15, 0.2) is 96.5 Å². The Morgan fingerprint density at radius 1 is 0.925 bits per heavy atom. The summed E-state index contributed by atoms with van der Waals surface area (Å²) in [5, 5.41) is 16.1. The van der Waals surface area contributed by atoms with E-state index in [0.717, 1.165) is 11.1 Å². The summed E-state index contributed by atoms with van der Waals surface area (Å²) in [7, 11) is 0. The zero-order valence-corrected chi connectivity index (χ0v) is 21.7. The molecule has 7 rings (SSSR count). The van der Waals surface area contributed by atoms with Gasteiger partial charge in [0.05, 0.1) is 21.8 Å². The Hall–Kier alpha value is -4.89. The Bertz CT molecular complexity index is 1750. The van der Waals surface area contributed by atoms with Crippen LogP contribution < -0.4 is 5.32 Å². The normalized spacial score (nSPS) is 23.9. The molecule has 1 amide bonds. The predicted octanol–water partition coefficient (Wildman–Crippen LogP) is 5.64. The van der Waals surface area contributed by atoms with Gasteiger partial charge in [-0.3, -0.25) is 24.5 Å². The minimum Gasteiger partial charge on any atom is -0.358 e. The van der Waals surface area contributed by atoms with Gasteiger partial charge in [-0.1, -0.05) is 48.5 Å². The topological polar surface area (TPSA) is 110 Å². The second kappa shape index (κ2) is 8.82. The molecule has 4 aromatic rings. The molecule has 9 heteroatoms. The lowest BCUT2D eigenvalue weighted by Gasteiger charge is -2.38. The molecule has 40 heavy (non-hydrogen) atoms. The van der Waals surface area contributed by atoms with Crippen molar-refractivity contribution in [3.05, 3.63) is 134 Å². The number of thiophene rings is 1. The van der Waals surface area contributed by atoms with Gasteiger partial charge in [0.15, 0.2) is 11.6 Å². The number of nitrogens with one attached hydrogen (secondary N) is 1. The average molecular weight is 548 g/mol. The maximum Gasteiger partial charge on any atom is 0.269 e. The first-order valence-electron chi connectivity index (χ1n) is 12.7. The summed E-state index contributed by atoms with van der Waals surface area (Å²) in [6.07, 6.45) is 3.73. The molecule has 1 aromatic heterocycles. The van der Waals surface area contributed by atoms with Crippen molar-refractivity contribution in [2.24, 2.45) is 5.92 Å². The third kappa shape index (κ3) is 3.21. The van der Waals surface area contributed by atoms with E-state index < -0.39 is 34.1 Å². The van der Waals surface area contributed by atoms with Gasteiger partial charge in [0.1, 0.15) is 11.5 Å². The number of benzene rings is 3. The van der Waals surface area contributed by atoms with Crippen LogP contribution in [0, 0.1) is 16.0 Å². The van der Waals surface area contributed by atoms with Gasteiger partial charge >= 0.3 is 0 Å². The minimum atomic E-state index is -1.44. The summed E-state index contributed by atoms with van der Waals surface area (Å²) < 4.78 is 0. The average Bonchev–Trinajstić information content (AvgIpc) is 3.69. The Morgan fingerprint density at radius 2 is 1.68 bits per heavy atom. The zero-order valence-electron chi connectivity index (χ0n) is 20.9. The van der Waals surface area contributed by atoms with Crippen LogP contribution in [0.3, 0.4) is 0 Å². The monoisotopic (exact) mass is 547 g/mol. The Balaban J connectivity index is 1.52. The Morgan fingerprint density at radius 3 is 2.42 bits per heavy atom. The van der Waals surface area contributed by atoms with Gasteiger partial charge in [0, 0.05) is 29.6 Å². The summed E-state index contributed by atoms with van der Waals surface area (Å²) in [5.74, 6) is -2.14. The maximum absolute atomic E-state index is 14.6. The van der Waals surface area contributed by atoms with E-state index in [0.29, 0.717) is 16.1 Å². The molecule has 196 valence electrons. The molecule has 0 aliphatic carbocycles. The molecule has 0 bridgehead atoms. The number of fused-ring (bicyclic) bond motifs is 6. The highest BCUT2D eigenvalue weighted by Crippen LogP contribution is 2.62. The van der Waals surface area contributed by atoms with Crippen molar-refractivity contribution >= 4 is 46.3 Å². The maximum atomic E-state index is 14.6. The second-order valence-electron chi connectivity index (χ2n) is 10.1. The fourth-order valence-corrected chi connectivity index (χ4v) is 7.36. The number of rotatable bonds is 5. The quantitative estimate of drug-likeness (QED) is 0.197. The van der Waals surface area contributed by atoms with Gasteiger partial charge in [-0.25, -0.2) is 0 Å². The molecule has 4 heterocycles. The van der Waals surface area contributed by atoms with Gasteiger partial charge in [-0.05, 0) is 52.4 Å². The van der Waals surface area contributed by atoms with Crippen molar-refractivity contribution in [3.8, 4) is 0 Å². The van der Waals surface area contributed by atoms with Crippen LogP contribution in [-0.2, 0) is 10.2 Å². The summed E-state index contributed by atoms with van der Waals surface area (Å²) in [4.78, 5) is 56.4. The number of hydrogen-bond acceptors (Lipinski definition) is 7. The molecule has 4 atom stereocenters. The Labute approximate surface area is 232 Å². The van der Waals surface area contributed by atoms with Crippen molar-refractivity contribution in [2.45, 2.75) is 17.5 Å². The first kappa shape index (κ1) is 24.2. The van der Waals surface area contributed by atoms with E-state index in [9.17, 15) is 24.5 Å². The molecular weight excluding hydrogens is 526 g/mol. The number of nitrogens with zero attached hydrogens (tertiary/aromatic N) is 2. The number of hydrogen-bond donors (Lipinski definition) is 1. The zero-order chi connectivity index (χ0) is 27.6. The van der Waals surface area contributed by atoms with Gasteiger partial charge in [-0.15, -0.1) is 11.3 Å². The van der Waals surface area contributed by atoms with E-state index >= 15 is 0 Å². The summed E-state index contributed by atoms with van der Waals surface area (Å²) in [6, 6.07) is 22.2. The third-order valence-corrected chi connectivity index (χ3v) is 9.13. The number of nitro groups is 1. The van der Waals surface area contributed by atoms with Gasteiger partial charge in [0.2, 0.25) is 5.91 Å².